The molecule has 0 heterocycles. The summed E-state index contributed by atoms with van der Waals surface area (Å²) >= 11 is 0. The summed E-state index contributed by atoms with van der Waals surface area (Å²) in [5.74, 6) is 1.43. The second-order valence-corrected chi connectivity index (χ2v) is 4.87. The van der Waals surface area contributed by atoms with E-state index in [0.717, 1.165) is 18.4 Å². The van der Waals surface area contributed by atoms with Crippen LogP contribution in [0.4, 0.5) is 0 Å². The SMILES string of the molecule is Cc1ccc(/C(N)=N/O)c(OCCCC(C)C)c1. The van der Waals surface area contributed by atoms with Crippen LogP contribution >= 0.6 is 0 Å². The summed E-state index contributed by atoms with van der Waals surface area (Å²) in [4.78, 5) is 0. The minimum Gasteiger partial charge on any atom is -0.493 e. The van der Waals surface area contributed by atoms with Gasteiger partial charge in [0.25, 0.3) is 0 Å². The molecule has 0 radical (unpaired) electrons. The van der Waals surface area contributed by atoms with Crippen molar-refractivity contribution < 1.29 is 9.94 Å². The quantitative estimate of drug-likeness (QED) is 0.268. The van der Waals surface area contributed by atoms with Gasteiger partial charge in [-0.1, -0.05) is 25.1 Å². The van der Waals surface area contributed by atoms with Crippen LogP contribution in [0.2, 0.25) is 0 Å². The lowest BCUT2D eigenvalue weighted by atomic mass is 10.1. The van der Waals surface area contributed by atoms with E-state index in [0.29, 0.717) is 23.8 Å². The highest BCUT2D eigenvalue weighted by molar-refractivity contribution is 5.99. The van der Waals surface area contributed by atoms with Crippen molar-refractivity contribution in [3.05, 3.63) is 29.3 Å². The van der Waals surface area contributed by atoms with E-state index in [1.54, 1.807) is 0 Å². The minimum absolute atomic E-state index is 0.0776. The highest BCUT2D eigenvalue weighted by Crippen LogP contribution is 2.20. The largest absolute Gasteiger partial charge is 0.493 e. The van der Waals surface area contributed by atoms with E-state index in [2.05, 4.69) is 19.0 Å². The minimum atomic E-state index is 0.0776. The van der Waals surface area contributed by atoms with Gasteiger partial charge in [0.2, 0.25) is 0 Å². The zero-order valence-electron chi connectivity index (χ0n) is 11.3. The molecule has 4 heteroatoms. The Bertz CT molecular complexity index is 414. The number of rotatable bonds is 6. The number of hydrogen-bond acceptors (Lipinski definition) is 3. The van der Waals surface area contributed by atoms with Crippen molar-refractivity contribution in [1.29, 1.82) is 0 Å². The van der Waals surface area contributed by atoms with Crippen LogP contribution in [0.3, 0.4) is 0 Å². The molecule has 1 rings (SSSR count). The molecule has 0 spiro atoms. The highest BCUT2D eigenvalue weighted by Gasteiger charge is 2.08. The Morgan fingerprint density at radius 2 is 2.17 bits per heavy atom. The molecule has 1 aromatic rings. The number of nitrogens with zero attached hydrogens (tertiary/aromatic N) is 1. The van der Waals surface area contributed by atoms with Gasteiger partial charge >= 0.3 is 0 Å². The van der Waals surface area contributed by atoms with E-state index >= 15 is 0 Å². The van der Waals surface area contributed by atoms with Gasteiger partial charge in [-0.25, -0.2) is 0 Å². The van der Waals surface area contributed by atoms with Crippen LogP contribution in [-0.4, -0.2) is 17.6 Å². The first-order valence-corrected chi connectivity index (χ1v) is 6.26. The van der Waals surface area contributed by atoms with Crippen molar-refractivity contribution in [2.24, 2.45) is 16.8 Å². The Labute approximate surface area is 108 Å². The van der Waals surface area contributed by atoms with Gasteiger partial charge in [-0.3, -0.25) is 0 Å². The monoisotopic (exact) mass is 250 g/mol. The van der Waals surface area contributed by atoms with Gasteiger partial charge < -0.3 is 15.7 Å². The van der Waals surface area contributed by atoms with Crippen molar-refractivity contribution in [1.82, 2.24) is 0 Å². The average Bonchev–Trinajstić information content (AvgIpc) is 2.33. The maximum atomic E-state index is 8.73. The lowest BCUT2D eigenvalue weighted by molar-refractivity contribution is 0.295. The van der Waals surface area contributed by atoms with Crippen molar-refractivity contribution in [2.75, 3.05) is 6.61 Å². The maximum absolute atomic E-state index is 8.73. The molecular weight excluding hydrogens is 228 g/mol. The highest BCUT2D eigenvalue weighted by atomic mass is 16.5. The maximum Gasteiger partial charge on any atom is 0.173 e. The van der Waals surface area contributed by atoms with E-state index in [-0.39, 0.29) is 5.84 Å². The Balaban J connectivity index is 2.71. The number of oxime groups is 1. The molecule has 0 atom stereocenters. The summed E-state index contributed by atoms with van der Waals surface area (Å²) in [6, 6.07) is 5.62. The van der Waals surface area contributed by atoms with E-state index in [1.807, 2.05) is 25.1 Å². The topological polar surface area (TPSA) is 67.8 Å². The normalized spacial score (nSPS) is 11.9. The fourth-order valence-corrected chi connectivity index (χ4v) is 1.69. The molecule has 0 bridgehead atoms. The Morgan fingerprint density at radius 3 is 2.78 bits per heavy atom. The molecule has 18 heavy (non-hydrogen) atoms. The molecule has 0 saturated carbocycles. The summed E-state index contributed by atoms with van der Waals surface area (Å²) in [6.07, 6.45) is 2.13. The number of benzene rings is 1. The molecule has 0 aromatic heterocycles. The summed E-state index contributed by atoms with van der Waals surface area (Å²) in [7, 11) is 0. The second-order valence-electron chi connectivity index (χ2n) is 4.87. The first-order chi connectivity index (χ1) is 8.54. The smallest absolute Gasteiger partial charge is 0.173 e. The van der Waals surface area contributed by atoms with Gasteiger partial charge in [-0.2, -0.15) is 0 Å². The molecule has 0 aliphatic heterocycles. The van der Waals surface area contributed by atoms with Crippen LogP contribution in [-0.2, 0) is 0 Å². The first-order valence-electron chi connectivity index (χ1n) is 6.26. The molecule has 0 fully saturated rings. The molecule has 1 aromatic carbocycles. The van der Waals surface area contributed by atoms with E-state index in [1.165, 1.54) is 0 Å². The zero-order chi connectivity index (χ0) is 13.5. The third-order valence-corrected chi connectivity index (χ3v) is 2.70. The molecule has 0 aliphatic carbocycles. The molecule has 100 valence electrons. The fraction of sp³-hybridized carbons (Fsp3) is 0.500. The third kappa shape index (κ3) is 4.28. The number of hydrogen-bond donors (Lipinski definition) is 2. The zero-order valence-corrected chi connectivity index (χ0v) is 11.3. The number of amidine groups is 1. The molecule has 4 nitrogen and oxygen atoms in total. The summed E-state index contributed by atoms with van der Waals surface area (Å²) < 4.78 is 5.72. The standard InChI is InChI=1S/C14H22N2O2/c1-10(2)5-4-8-18-13-9-11(3)6-7-12(13)14(15)16-17/h6-7,9-10,17H,4-5,8H2,1-3H3,(H2,15,16). The first kappa shape index (κ1) is 14.4. The van der Waals surface area contributed by atoms with Crippen LogP contribution in [0, 0.1) is 12.8 Å². The Kier molecular flexibility index (Phi) is 5.49. The van der Waals surface area contributed by atoms with Gasteiger partial charge in [-0.05, 0) is 43.4 Å². The van der Waals surface area contributed by atoms with E-state index in [4.69, 9.17) is 15.7 Å². The van der Waals surface area contributed by atoms with E-state index in [9.17, 15) is 0 Å². The van der Waals surface area contributed by atoms with Crippen LogP contribution in [0.1, 0.15) is 37.8 Å². The molecule has 0 amide bonds. The fourth-order valence-electron chi connectivity index (χ4n) is 1.69. The van der Waals surface area contributed by atoms with Crippen LogP contribution in [0.5, 0.6) is 5.75 Å². The lowest BCUT2D eigenvalue weighted by Crippen LogP contribution is -2.15. The molecular formula is C14H22N2O2. The van der Waals surface area contributed by atoms with Gasteiger partial charge in [0, 0.05) is 0 Å². The predicted molar refractivity (Wildman–Crippen MR) is 73.3 cm³/mol. The molecule has 3 N–H and O–H groups in total. The number of nitrogens with two attached hydrogens (primary N) is 1. The van der Waals surface area contributed by atoms with Crippen molar-refractivity contribution in [3.8, 4) is 5.75 Å². The van der Waals surface area contributed by atoms with Crippen LogP contribution in [0.25, 0.3) is 0 Å². The van der Waals surface area contributed by atoms with Crippen LogP contribution in [0.15, 0.2) is 23.4 Å². The van der Waals surface area contributed by atoms with Gasteiger partial charge in [0.15, 0.2) is 5.84 Å². The molecule has 0 unspecified atom stereocenters. The Morgan fingerprint density at radius 1 is 1.44 bits per heavy atom. The van der Waals surface area contributed by atoms with Crippen molar-refractivity contribution in [2.45, 2.75) is 33.6 Å². The summed E-state index contributed by atoms with van der Waals surface area (Å²) in [5.41, 5.74) is 7.34. The van der Waals surface area contributed by atoms with E-state index < -0.39 is 0 Å². The summed E-state index contributed by atoms with van der Waals surface area (Å²) in [5, 5.41) is 11.8. The average molecular weight is 250 g/mol. The summed E-state index contributed by atoms with van der Waals surface area (Å²) in [6.45, 7) is 7.01. The van der Waals surface area contributed by atoms with Gasteiger partial charge in [-0.15, -0.1) is 0 Å². The molecule has 0 aliphatic rings. The lowest BCUT2D eigenvalue weighted by Gasteiger charge is -2.12. The second kappa shape index (κ2) is 6.89. The number of aryl methyl sites for hydroxylation is 1. The Hall–Kier alpha value is -1.71. The van der Waals surface area contributed by atoms with Crippen LogP contribution < -0.4 is 10.5 Å². The van der Waals surface area contributed by atoms with Gasteiger partial charge in [0.05, 0.1) is 12.2 Å². The van der Waals surface area contributed by atoms with Crippen molar-refractivity contribution in [3.63, 3.8) is 0 Å². The predicted octanol–water partition coefficient (Wildman–Crippen LogP) is 2.90. The third-order valence-electron chi connectivity index (χ3n) is 2.70. The van der Waals surface area contributed by atoms with Crippen molar-refractivity contribution >= 4 is 5.84 Å². The molecule has 0 saturated heterocycles. The van der Waals surface area contributed by atoms with Gasteiger partial charge in [0.1, 0.15) is 5.75 Å². The number of ether oxygens (including phenoxy) is 1.